The molecule has 0 fully saturated rings. The van der Waals surface area contributed by atoms with E-state index in [0.717, 1.165) is 9.57 Å². The summed E-state index contributed by atoms with van der Waals surface area (Å²) in [7, 11) is 3.35. The van der Waals surface area contributed by atoms with E-state index in [2.05, 4.69) is 35.0 Å². The van der Waals surface area contributed by atoms with Crippen molar-refractivity contribution in [1.82, 2.24) is 0 Å². The van der Waals surface area contributed by atoms with Gasteiger partial charge in [-0.2, -0.15) is 0 Å². The summed E-state index contributed by atoms with van der Waals surface area (Å²) in [6.45, 7) is 2.74. The van der Waals surface area contributed by atoms with Crippen LogP contribution in [0.25, 0.3) is 10.4 Å². The Hall–Kier alpha value is -0.230. The van der Waals surface area contributed by atoms with Crippen molar-refractivity contribution in [2.75, 3.05) is 6.61 Å². The first-order valence-electron chi connectivity index (χ1n) is 5.12. The van der Waals surface area contributed by atoms with Crippen LogP contribution in [0.5, 0.6) is 5.75 Å². The molecule has 0 N–H and O–H groups in total. The van der Waals surface area contributed by atoms with E-state index in [0.29, 0.717) is 11.4 Å². The monoisotopic (exact) mass is 346 g/mol. The molecule has 1 nitrogen and oxygen atoms in total. The molecule has 0 saturated heterocycles. The van der Waals surface area contributed by atoms with Gasteiger partial charge in [0.05, 0.1) is 0 Å². The van der Waals surface area contributed by atoms with E-state index in [1.807, 2.05) is 18.2 Å². The average Bonchev–Trinajstić information content (AvgIpc) is 2.74. The van der Waals surface area contributed by atoms with Crippen LogP contribution in [0.2, 0.25) is 0 Å². The molecule has 0 amide bonds. The van der Waals surface area contributed by atoms with Gasteiger partial charge in [0.15, 0.2) is 0 Å². The zero-order valence-electron chi connectivity index (χ0n) is 9.18. The van der Waals surface area contributed by atoms with Crippen LogP contribution in [0.3, 0.4) is 0 Å². The van der Waals surface area contributed by atoms with Crippen LogP contribution in [-0.4, -0.2) is 11.4 Å². The minimum atomic E-state index is 0.365. The Morgan fingerprint density at radius 3 is 2.53 bits per heavy atom. The predicted octanol–water partition coefficient (Wildman–Crippen LogP) is 5.37. The molecule has 90 valence electrons. The molecular weight excluding hydrogens is 336 g/mol. The highest BCUT2D eigenvalue weighted by molar-refractivity contribution is 9.09. The fraction of sp³-hybridized carbons (Fsp3) is 0.250. The summed E-state index contributed by atoms with van der Waals surface area (Å²) >= 11 is 8.58. The Labute approximate surface area is 122 Å². The van der Waals surface area contributed by atoms with Crippen LogP contribution in [0, 0.1) is 3.82 Å². The normalized spacial score (nSPS) is 12.4. The van der Waals surface area contributed by atoms with Crippen molar-refractivity contribution in [3.63, 3.8) is 0 Å². The number of hydrogen-bond acceptors (Lipinski definition) is 4. The van der Waals surface area contributed by atoms with Gasteiger partial charge < -0.3 is 4.74 Å². The number of benzene rings is 1. The van der Waals surface area contributed by atoms with E-state index in [1.54, 1.807) is 20.7 Å². The summed E-state index contributed by atoms with van der Waals surface area (Å²) < 4.78 is 6.55. The molecule has 0 bridgehead atoms. The molecule has 0 saturated carbocycles. The van der Waals surface area contributed by atoms with Crippen LogP contribution >= 0.6 is 48.8 Å². The number of ether oxygens (including phenoxy) is 1. The van der Waals surface area contributed by atoms with Crippen LogP contribution in [0.15, 0.2) is 30.3 Å². The molecule has 0 spiro atoms. The van der Waals surface area contributed by atoms with Crippen molar-refractivity contribution in [2.45, 2.75) is 11.8 Å². The molecule has 5 heteroatoms. The van der Waals surface area contributed by atoms with Crippen molar-refractivity contribution in [3.05, 3.63) is 34.2 Å². The minimum absolute atomic E-state index is 0.365. The number of hydrogen-bond donors (Lipinski definition) is 0. The summed E-state index contributed by atoms with van der Waals surface area (Å²) in [6, 6.07) is 10.2. The van der Waals surface area contributed by atoms with Crippen molar-refractivity contribution < 1.29 is 4.74 Å². The minimum Gasteiger partial charge on any atom is -0.492 e. The van der Waals surface area contributed by atoms with Crippen molar-refractivity contribution >= 4 is 48.8 Å². The summed E-state index contributed by atoms with van der Waals surface area (Å²) in [4.78, 5) is 1.59. The van der Waals surface area contributed by atoms with E-state index in [1.165, 1.54) is 10.4 Å². The number of alkyl halides is 1. The van der Waals surface area contributed by atoms with Gasteiger partial charge in [-0.15, -0.1) is 0 Å². The van der Waals surface area contributed by atoms with Gasteiger partial charge in [0.2, 0.25) is 0 Å². The molecule has 1 atom stereocenters. The number of halogens is 1. The second-order valence-corrected chi connectivity index (χ2v) is 8.08. The summed E-state index contributed by atoms with van der Waals surface area (Å²) in [5, 5.41) is 0. The molecule has 1 unspecified atom stereocenters. The molecule has 1 aromatic carbocycles. The lowest BCUT2D eigenvalue weighted by atomic mass is 10.2. The van der Waals surface area contributed by atoms with Crippen molar-refractivity contribution in [3.8, 4) is 16.2 Å². The lowest BCUT2D eigenvalue weighted by molar-refractivity contribution is 0.324. The maximum absolute atomic E-state index is 5.60. The van der Waals surface area contributed by atoms with Crippen LogP contribution in [0.4, 0.5) is 0 Å². The zero-order chi connectivity index (χ0) is 12.3. The molecular formula is C12H11BrOS3. The first-order valence-corrected chi connectivity index (χ1v) is 8.60. The maximum atomic E-state index is 5.60. The van der Waals surface area contributed by atoms with E-state index < -0.39 is 0 Å². The maximum Gasteiger partial charge on any atom is 0.119 e. The summed E-state index contributed by atoms with van der Waals surface area (Å²) in [5.41, 5.74) is 1.20. The Balaban J connectivity index is 2.10. The molecule has 0 radical (unpaired) electrons. The van der Waals surface area contributed by atoms with E-state index in [4.69, 9.17) is 17.0 Å². The van der Waals surface area contributed by atoms with E-state index >= 15 is 0 Å². The van der Waals surface area contributed by atoms with Gasteiger partial charge in [-0.05, 0) is 42.8 Å². The van der Waals surface area contributed by atoms with Crippen molar-refractivity contribution in [2.24, 2.45) is 0 Å². The first kappa shape index (κ1) is 13.2. The van der Waals surface area contributed by atoms with Gasteiger partial charge in [-0.25, -0.2) is 0 Å². The van der Waals surface area contributed by atoms with Crippen LogP contribution in [-0.2, 0) is 0 Å². The van der Waals surface area contributed by atoms with Crippen LogP contribution < -0.4 is 4.74 Å². The molecule has 0 aliphatic heterocycles. The SMILES string of the molecule is CC(Br)COc1ccc(-c2cc(=S)ss2)cc1. The third kappa shape index (κ3) is 3.88. The lowest BCUT2D eigenvalue weighted by Gasteiger charge is -2.07. The Bertz CT molecular complexity index is 527. The van der Waals surface area contributed by atoms with Gasteiger partial charge in [-0.1, -0.05) is 48.8 Å². The second kappa shape index (κ2) is 6.09. The highest BCUT2D eigenvalue weighted by atomic mass is 79.9. The smallest absolute Gasteiger partial charge is 0.119 e. The molecule has 2 rings (SSSR count). The topological polar surface area (TPSA) is 9.23 Å². The Kier molecular flexibility index (Phi) is 4.73. The largest absolute Gasteiger partial charge is 0.492 e. The molecule has 2 aromatic rings. The molecule has 17 heavy (non-hydrogen) atoms. The predicted molar refractivity (Wildman–Crippen MR) is 82.4 cm³/mol. The Morgan fingerprint density at radius 1 is 1.29 bits per heavy atom. The quantitative estimate of drug-likeness (QED) is 0.418. The molecule has 1 aromatic heterocycles. The highest BCUT2D eigenvalue weighted by Gasteiger charge is 2.02. The van der Waals surface area contributed by atoms with Gasteiger partial charge >= 0.3 is 0 Å². The summed E-state index contributed by atoms with van der Waals surface area (Å²) in [6.07, 6.45) is 0. The molecule has 1 heterocycles. The first-order chi connectivity index (χ1) is 8.15. The van der Waals surface area contributed by atoms with Gasteiger partial charge in [0.25, 0.3) is 0 Å². The van der Waals surface area contributed by atoms with Gasteiger partial charge in [0, 0.05) is 9.70 Å². The molecule has 0 aliphatic rings. The van der Waals surface area contributed by atoms with Crippen LogP contribution in [0.1, 0.15) is 6.92 Å². The fourth-order valence-electron chi connectivity index (χ4n) is 1.30. The average molecular weight is 347 g/mol. The fourth-order valence-corrected chi connectivity index (χ4v) is 3.83. The molecule has 0 aliphatic carbocycles. The third-order valence-corrected chi connectivity index (χ3v) is 5.26. The summed E-state index contributed by atoms with van der Waals surface area (Å²) in [5.74, 6) is 0.902. The third-order valence-electron chi connectivity index (χ3n) is 2.08. The second-order valence-electron chi connectivity index (χ2n) is 3.61. The standard InChI is InChI=1S/C12H11BrOS3/c1-8(13)7-14-10-4-2-9(3-5-10)11-6-12(15)17-16-11/h2-6,8H,7H2,1H3. The van der Waals surface area contributed by atoms with E-state index in [-0.39, 0.29) is 0 Å². The zero-order valence-corrected chi connectivity index (χ0v) is 13.2. The Morgan fingerprint density at radius 2 is 2.00 bits per heavy atom. The van der Waals surface area contributed by atoms with Gasteiger partial charge in [0.1, 0.15) is 16.2 Å². The lowest BCUT2D eigenvalue weighted by Crippen LogP contribution is -2.06. The van der Waals surface area contributed by atoms with E-state index in [9.17, 15) is 0 Å². The van der Waals surface area contributed by atoms with Gasteiger partial charge in [-0.3, -0.25) is 0 Å². The highest BCUT2D eigenvalue weighted by Crippen LogP contribution is 2.30. The number of rotatable bonds is 4. The van der Waals surface area contributed by atoms with Crippen molar-refractivity contribution in [1.29, 1.82) is 0 Å².